The Hall–Kier alpha value is -3.52. The van der Waals surface area contributed by atoms with Crippen LogP contribution >= 0.6 is 0 Å². The SMILES string of the molecule is CCOc1ccc(S(=O)(=O)Nc2cccc(C(=O)NCCOc3ccccc3)c2)cc1. The van der Waals surface area contributed by atoms with Gasteiger partial charge < -0.3 is 14.8 Å². The van der Waals surface area contributed by atoms with E-state index in [0.29, 0.717) is 36.8 Å². The number of carbonyl (C=O) groups is 1. The number of anilines is 1. The average molecular weight is 441 g/mol. The number of benzene rings is 3. The molecule has 2 N–H and O–H groups in total. The largest absolute Gasteiger partial charge is 0.494 e. The van der Waals surface area contributed by atoms with Crippen LogP contribution in [-0.4, -0.2) is 34.1 Å². The van der Waals surface area contributed by atoms with Crippen molar-refractivity contribution in [2.75, 3.05) is 24.5 Å². The van der Waals surface area contributed by atoms with Crippen LogP contribution in [0.1, 0.15) is 17.3 Å². The summed E-state index contributed by atoms with van der Waals surface area (Å²) in [7, 11) is -3.80. The van der Waals surface area contributed by atoms with Crippen LogP contribution in [0.15, 0.2) is 83.8 Å². The van der Waals surface area contributed by atoms with Gasteiger partial charge in [-0.3, -0.25) is 9.52 Å². The zero-order valence-corrected chi connectivity index (χ0v) is 17.9. The maximum atomic E-state index is 12.6. The van der Waals surface area contributed by atoms with Crippen LogP contribution in [0, 0.1) is 0 Å². The molecule has 0 heterocycles. The normalized spacial score (nSPS) is 10.9. The molecule has 1 amide bonds. The molecule has 0 aliphatic rings. The molecule has 0 aliphatic heterocycles. The number of hydrogen-bond donors (Lipinski definition) is 2. The first-order valence-electron chi connectivity index (χ1n) is 9.80. The number of hydrogen-bond acceptors (Lipinski definition) is 5. The van der Waals surface area contributed by atoms with Gasteiger partial charge in [0.2, 0.25) is 0 Å². The minimum Gasteiger partial charge on any atom is -0.494 e. The second kappa shape index (κ2) is 10.5. The van der Waals surface area contributed by atoms with Gasteiger partial charge in [-0.15, -0.1) is 0 Å². The Morgan fingerprint density at radius 2 is 1.58 bits per heavy atom. The number of ether oxygens (including phenoxy) is 2. The first kappa shape index (κ1) is 22.2. The van der Waals surface area contributed by atoms with Crippen molar-refractivity contribution in [2.24, 2.45) is 0 Å². The highest BCUT2D eigenvalue weighted by atomic mass is 32.2. The molecule has 3 aromatic carbocycles. The van der Waals surface area contributed by atoms with E-state index in [2.05, 4.69) is 10.0 Å². The van der Waals surface area contributed by atoms with Crippen molar-refractivity contribution in [3.05, 3.63) is 84.4 Å². The fourth-order valence-corrected chi connectivity index (χ4v) is 3.82. The fraction of sp³-hybridized carbons (Fsp3) is 0.174. The highest BCUT2D eigenvalue weighted by molar-refractivity contribution is 7.92. The number of sulfonamides is 1. The van der Waals surface area contributed by atoms with Crippen LogP contribution in [0.25, 0.3) is 0 Å². The Morgan fingerprint density at radius 3 is 2.29 bits per heavy atom. The summed E-state index contributed by atoms with van der Waals surface area (Å²) in [5, 5.41) is 2.75. The van der Waals surface area contributed by atoms with Crippen molar-refractivity contribution in [1.82, 2.24) is 5.32 Å². The van der Waals surface area contributed by atoms with Gasteiger partial charge in [0, 0.05) is 11.3 Å². The Kier molecular flexibility index (Phi) is 7.50. The number of amides is 1. The molecule has 3 rings (SSSR count). The highest BCUT2D eigenvalue weighted by Gasteiger charge is 2.15. The van der Waals surface area contributed by atoms with Gasteiger partial charge in [0.25, 0.3) is 15.9 Å². The molecular formula is C23H24N2O5S. The maximum absolute atomic E-state index is 12.6. The van der Waals surface area contributed by atoms with E-state index in [4.69, 9.17) is 9.47 Å². The van der Waals surface area contributed by atoms with E-state index < -0.39 is 10.0 Å². The molecule has 7 nitrogen and oxygen atoms in total. The van der Waals surface area contributed by atoms with E-state index >= 15 is 0 Å². The second-order valence-electron chi connectivity index (χ2n) is 6.51. The second-order valence-corrected chi connectivity index (χ2v) is 8.19. The van der Waals surface area contributed by atoms with Crippen LogP contribution in [0.5, 0.6) is 11.5 Å². The summed E-state index contributed by atoms with van der Waals surface area (Å²) in [6.45, 7) is 2.99. The highest BCUT2D eigenvalue weighted by Crippen LogP contribution is 2.20. The fourth-order valence-electron chi connectivity index (χ4n) is 2.77. The Balaban J connectivity index is 1.58. The quantitative estimate of drug-likeness (QED) is 0.469. The van der Waals surface area contributed by atoms with Gasteiger partial charge in [-0.1, -0.05) is 24.3 Å². The topological polar surface area (TPSA) is 93.7 Å². The zero-order chi connectivity index (χ0) is 22.1. The molecule has 162 valence electrons. The molecule has 0 saturated carbocycles. The van der Waals surface area contributed by atoms with Gasteiger partial charge in [-0.2, -0.15) is 0 Å². The summed E-state index contributed by atoms with van der Waals surface area (Å²) in [5.74, 6) is 0.998. The Labute approximate surface area is 182 Å². The van der Waals surface area contributed by atoms with Crippen molar-refractivity contribution in [3.8, 4) is 11.5 Å². The van der Waals surface area contributed by atoms with Crippen LogP contribution in [-0.2, 0) is 10.0 Å². The van der Waals surface area contributed by atoms with Crippen molar-refractivity contribution < 1.29 is 22.7 Å². The van der Waals surface area contributed by atoms with E-state index in [1.807, 2.05) is 37.3 Å². The molecule has 31 heavy (non-hydrogen) atoms. The molecule has 0 bridgehead atoms. The number of rotatable bonds is 10. The van der Waals surface area contributed by atoms with Crippen molar-refractivity contribution in [3.63, 3.8) is 0 Å². The third-order valence-electron chi connectivity index (χ3n) is 4.22. The molecule has 0 unspecified atom stereocenters. The molecule has 0 aromatic heterocycles. The molecule has 0 aliphatic carbocycles. The lowest BCUT2D eigenvalue weighted by Gasteiger charge is -2.11. The van der Waals surface area contributed by atoms with Crippen LogP contribution in [0.3, 0.4) is 0 Å². The average Bonchev–Trinajstić information content (AvgIpc) is 2.78. The van der Waals surface area contributed by atoms with Gasteiger partial charge in [0.1, 0.15) is 18.1 Å². The summed E-state index contributed by atoms with van der Waals surface area (Å²) in [5.41, 5.74) is 0.633. The molecule has 0 fully saturated rings. The zero-order valence-electron chi connectivity index (χ0n) is 17.1. The predicted molar refractivity (Wildman–Crippen MR) is 119 cm³/mol. The lowest BCUT2D eigenvalue weighted by Crippen LogP contribution is -2.28. The van der Waals surface area contributed by atoms with Crippen molar-refractivity contribution in [1.29, 1.82) is 0 Å². The molecule has 0 spiro atoms. The predicted octanol–water partition coefficient (Wildman–Crippen LogP) is 3.69. The third-order valence-corrected chi connectivity index (χ3v) is 5.62. The summed E-state index contributed by atoms with van der Waals surface area (Å²) in [4.78, 5) is 12.5. The molecular weight excluding hydrogens is 416 g/mol. The summed E-state index contributed by atoms with van der Waals surface area (Å²) >= 11 is 0. The standard InChI is InChI=1S/C23H24N2O5S/c1-2-29-21-11-13-22(14-12-21)31(27,28)25-19-8-6-7-18(17-19)23(26)24-15-16-30-20-9-4-3-5-10-20/h3-14,17,25H,2,15-16H2,1H3,(H,24,26). The Bertz CT molecular complexity index is 1100. The molecule has 0 saturated heterocycles. The van der Waals surface area contributed by atoms with Gasteiger partial charge in [-0.05, 0) is 61.5 Å². The number of carbonyl (C=O) groups excluding carboxylic acids is 1. The van der Waals surface area contributed by atoms with Crippen molar-refractivity contribution >= 4 is 21.6 Å². The summed E-state index contributed by atoms with van der Waals surface area (Å²) < 4.78 is 38.6. The van der Waals surface area contributed by atoms with Gasteiger partial charge >= 0.3 is 0 Å². The smallest absolute Gasteiger partial charge is 0.261 e. The van der Waals surface area contributed by atoms with E-state index in [1.54, 1.807) is 30.3 Å². The number of para-hydroxylation sites is 1. The van der Waals surface area contributed by atoms with Crippen molar-refractivity contribution in [2.45, 2.75) is 11.8 Å². The Morgan fingerprint density at radius 1 is 0.871 bits per heavy atom. The first-order valence-corrected chi connectivity index (χ1v) is 11.3. The van der Waals surface area contributed by atoms with E-state index in [9.17, 15) is 13.2 Å². The monoisotopic (exact) mass is 440 g/mol. The van der Waals surface area contributed by atoms with Crippen LogP contribution in [0.4, 0.5) is 5.69 Å². The minimum atomic E-state index is -3.80. The van der Waals surface area contributed by atoms with Crippen LogP contribution < -0.4 is 19.5 Å². The van der Waals surface area contributed by atoms with E-state index in [-0.39, 0.29) is 10.8 Å². The molecule has 8 heteroatoms. The summed E-state index contributed by atoms with van der Waals surface area (Å²) in [6, 6.07) is 21.7. The van der Waals surface area contributed by atoms with E-state index in [0.717, 1.165) is 5.75 Å². The van der Waals surface area contributed by atoms with Gasteiger partial charge in [0.15, 0.2) is 0 Å². The summed E-state index contributed by atoms with van der Waals surface area (Å²) in [6.07, 6.45) is 0. The van der Waals surface area contributed by atoms with Crippen LogP contribution in [0.2, 0.25) is 0 Å². The van der Waals surface area contributed by atoms with Gasteiger partial charge in [-0.25, -0.2) is 8.42 Å². The number of nitrogens with one attached hydrogen (secondary N) is 2. The third kappa shape index (κ3) is 6.48. The van der Waals surface area contributed by atoms with Gasteiger partial charge in [0.05, 0.1) is 18.0 Å². The molecule has 3 aromatic rings. The molecule has 0 radical (unpaired) electrons. The molecule has 0 atom stereocenters. The maximum Gasteiger partial charge on any atom is 0.261 e. The minimum absolute atomic E-state index is 0.101. The van der Waals surface area contributed by atoms with E-state index in [1.165, 1.54) is 18.2 Å². The lowest BCUT2D eigenvalue weighted by molar-refractivity contribution is 0.0947. The lowest BCUT2D eigenvalue weighted by atomic mass is 10.2. The first-order chi connectivity index (χ1) is 15.0.